The first-order chi connectivity index (χ1) is 8.61. The SMILES string of the molecule is COC1CC(C(=O)O)N(C(=O)Cc2ccn[nH]2)C1. The largest absolute Gasteiger partial charge is 0.480 e. The molecule has 2 N–H and O–H groups in total. The smallest absolute Gasteiger partial charge is 0.326 e. The summed E-state index contributed by atoms with van der Waals surface area (Å²) >= 11 is 0. The molecule has 18 heavy (non-hydrogen) atoms. The molecule has 2 heterocycles. The van der Waals surface area contributed by atoms with Crippen molar-refractivity contribution in [2.45, 2.75) is 25.0 Å². The highest BCUT2D eigenvalue weighted by molar-refractivity contribution is 5.85. The van der Waals surface area contributed by atoms with E-state index in [2.05, 4.69) is 10.2 Å². The van der Waals surface area contributed by atoms with Crippen LogP contribution in [0.3, 0.4) is 0 Å². The molecule has 1 aromatic rings. The number of methoxy groups -OCH3 is 1. The lowest BCUT2D eigenvalue weighted by atomic mass is 10.2. The van der Waals surface area contributed by atoms with Gasteiger partial charge in [0.2, 0.25) is 5.91 Å². The van der Waals surface area contributed by atoms with Crippen molar-refractivity contribution in [2.75, 3.05) is 13.7 Å². The molecular formula is C11H15N3O4. The molecule has 7 heteroatoms. The van der Waals surface area contributed by atoms with Crippen LogP contribution in [0, 0.1) is 0 Å². The monoisotopic (exact) mass is 253 g/mol. The number of aromatic amines is 1. The van der Waals surface area contributed by atoms with Crippen molar-refractivity contribution in [3.63, 3.8) is 0 Å². The van der Waals surface area contributed by atoms with Crippen LogP contribution in [0.5, 0.6) is 0 Å². The number of aliphatic carboxylic acids is 1. The second kappa shape index (κ2) is 5.18. The summed E-state index contributed by atoms with van der Waals surface area (Å²) in [5, 5.41) is 15.5. The second-order valence-corrected chi connectivity index (χ2v) is 4.25. The number of carbonyl (C=O) groups is 2. The number of carboxylic acids is 1. The van der Waals surface area contributed by atoms with Crippen molar-refractivity contribution >= 4 is 11.9 Å². The number of hydrogen-bond acceptors (Lipinski definition) is 4. The van der Waals surface area contributed by atoms with Crippen LogP contribution in [0.1, 0.15) is 12.1 Å². The molecule has 2 atom stereocenters. The molecule has 98 valence electrons. The summed E-state index contributed by atoms with van der Waals surface area (Å²) in [5.74, 6) is -1.22. The Kier molecular flexibility index (Phi) is 3.61. The third kappa shape index (κ3) is 2.51. The number of carbonyl (C=O) groups excluding carboxylic acids is 1. The fraction of sp³-hybridized carbons (Fsp3) is 0.545. The van der Waals surface area contributed by atoms with Crippen LogP contribution in [0.2, 0.25) is 0 Å². The molecular weight excluding hydrogens is 238 g/mol. The number of nitrogens with one attached hydrogen (secondary N) is 1. The lowest BCUT2D eigenvalue weighted by Gasteiger charge is -2.20. The molecule has 2 rings (SSSR count). The number of amides is 1. The highest BCUT2D eigenvalue weighted by atomic mass is 16.5. The van der Waals surface area contributed by atoms with Crippen LogP contribution in [-0.4, -0.2) is 57.9 Å². The second-order valence-electron chi connectivity index (χ2n) is 4.25. The Morgan fingerprint density at radius 1 is 1.67 bits per heavy atom. The van der Waals surface area contributed by atoms with Gasteiger partial charge in [0.05, 0.1) is 12.5 Å². The van der Waals surface area contributed by atoms with Crippen LogP contribution in [-0.2, 0) is 20.7 Å². The molecule has 1 aliphatic rings. The van der Waals surface area contributed by atoms with Crippen LogP contribution >= 0.6 is 0 Å². The quantitative estimate of drug-likeness (QED) is 0.765. The van der Waals surface area contributed by atoms with Gasteiger partial charge in [0.1, 0.15) is 6.04 Å². The Bertz CT molecular complexity index is 432. The predicted molar refractivity (Wildman–Crippen MR) is 60.8 cm³/mol. The number of H-pyrrole nitrogens is 1. The minimum atomic E-state index is -0.993. The number of hydrogen-bond donors (Lipinski definition) is 2. The number of rotatable bonds is 4. The topological polar surface area (TPSA) is 95.5 Å². The van der Waals surface area contributed by atoms with Gasteiger partial charge < -0.3 is 14.7 Å². The molecule has 1 saturated heterocycles. The molecule has 0 saturated carbocycles. The summed E-state index contributed by atoms with van der Waals surface area (Å²) in [6, 6.07) is 0.891. The fourth-order valence-electron chi connectivity index (χ4n) is 2.13. The predicted octanol–water partition coefficient (Wildman–Crippen LogP) is -0.347. The zero-order valence-corrected chi connectivity index (χ0v) is 10.00. The summed E-state index contributed by atoms with van der Waals surface area (Å²) in [5.41, 5.74) is 0.671. The molecule has 0 radical (unpaired) electrons. The van der Waals surface area contributed by atoms with Gasteiger partial charge >= 0.3 is 5.97 Å². The van der Waals surface area contributed by atoms with Gasteiger partial charge in [0.25, 0.3) is 0 Å². The first kappa shape index (κ1) is 12.6. The Hall–Kier alpha value is -1.89. The van der Waals surface area contributed by atoms with E-state index in [1.54, 1.807) is 12.3 Å². The third-order valence-corrected chi connectivity index (χ3v) is 3.10. The summed E-state index contributed by atoms with van der Waals surface area (Å²) in [6.45, 7) is 0.320. The third-order valence-electron chi connectivity index (χ3n) is 3.10. The van der Waals surface area contributed by atoms with Gasteiger partial charge in [-0.3, -0.25) is 9.89 Å². The normalized spacial score (nSPS) is 23.3. The van der Waals surface area contributed by atoms with E-state index in [1.165, 1.54) is 12.0 Å². The van der Waals surface area contributed by atoms with E-state index >= 15 is 0 Å². The van der Waals surface area contributed by atoms with E-state index in [4.69, 9.17) is 9.84 Å². The van der Waals surface area contributed by atoms with E-state index in [0.29, 0.717) is 18.7 Å². The van der Waals surface area contributed by atoms with Gasteiger partial charge in [-0.05, 0) is 6.07 Å². The van der Waals surface area contributed by atoms with Crippen molar-refractivity contribution in [1.82, 2.24) is 15.1 Å². The average Bonchev–Trinajstić information content (AvgIpc) is 2.96. The minimum absolute atomic E-state index is 0.125. The highest BCUT2D eigenvalue weighted by Gasteiger charge is 2.39. The van der Waals surface area contributed by atoms with Crippen LogP contribution in [0.4, 0.5) is 0 Å². The van der Waals surface area contributed by atoms with Gasteiger partial charge in [-0.1, -0.05) is 0 Å². The summed E-state index contributed by atoms with van der Waals surface area (Å²) in [6.07, 6.45) is 1.80. The molecule has 1 aliphatic heterocycles. The molecule has 0 spiro atoms. The molecule has 7 nitrogen and oxygen atoms in total. The lowest BCUT2D eigenvalue weighted by molar-refractivity contribution is -0.148. The van der Waals surface area contributed by atoms with Crippen molar-refractivity contribution in [3.8, 4) is 0 Å². The summed E-state index contributed by atoms with van der Waals surface area (Å²) in [7, 11) is 1.52. The Labute approximate surface area is 104 Å². The van der Waals surface area contributed by atoms with Gasteiger partial charge in [0.15, 0.2) is 0 Å². The average molecular weight is 253 g/mol. The van der Waals surface area contributed by atoms with Gasteiger partial charge in [-0.2, -0.15) is 5.10 Å². The molecule has 1 aromatic heterocycles. The van der Waals surface area contributed by atoms with E-state index in [-0.39, 0.29) is 18.4 Å². The first-order valence-electron chi connectivity index (χ1n) is 5.65. The number of nitrogens with zero attached hydrogens (tertiary/aromatic N) is 2. The molecule has 1 amide bonds. The zero-order chi connectivity index (χ0) is 13.1. The van der Waals surface area contributed by atoms with Crippen LogP contribution < -0.4 is 0 Å². The van der Waals surface area contributed by atoms with Crippen molar-refractivity contribution in [1.29, 1.82) is 0 Å². The number of carboxylic acid groups (broad SMARTS) is 1. The van der Waals surface area contributed by atoms with Gasteiger partial charge in [0, 0.05) is 32.0 Å². The lowest BCUT2D eigenvalue weighted by Crippen LogP contribution is -2.41. The van der Waals surface area contributed by atoms with Gasteiger partial charge in [-0.15, -0.1) is 0 Å². The Balaban J connectivity index is 2.05. The van der Waals surface area contributed by atoms with E-state index in [0.717, 1.165) is 0 Å². The molecule has 2 unspecified atom stereocenters. The number of aromatic nitrogens is 2. The minimum Gasteiger partial charge on any atom is -0.480 e. The van der Waals surface area contributed by atoms with E-state index < -0.39 is 12.0 Å². The standard InChI is InChI=1S/C11H15N3O4/c1-18-8-5-9(11(16)17)14(6-8)10(15)4-7-2-3-12-13-7/h2-3,8-9H,4-6H2,1H3,(H,12,13)(H,16,17). The van der Waals surface area contributed by atoms with Crippen LogP contribution in [0.15, 0.2) is 12.3 Å². The fourth-order valence-corrected chi connectivity index (χ4v) is 2.13. The maximum Gasteiger partial charge on any atom is 0.326 e. The zero-order valence-electron chi connectivity index (χ0n) is 10.00. The van der Waals surface area contributed by atoms with Crippen molar-refractivity contribution in [2.24, 2.45) is 0 Å². The van der Waals surface area contributed by atoms with Crippen molar-refractivity contribution in [3.05, 3.63) is 18.0 Å². The van der Waals surface area contributed by atoms with E-state index in [1.807, 2.05) is 0 Å². The number of likely N-dealkylation sites (tertiary alicyclic amines) is 1. The Morgan fingerprint density at radius 3 is 3.00 bits per heavy atom. The maximum atomic E-state index is 12.0. The maximum absolute atomic E-state index is 12.0. The molecule has 1 fully saturated rings. The summed E-state index contributed by atoms with van der Waals surface area (Å²) < 4.78 is 5.13. The highest BCUT2D eigenvalue weighted by Crippen LogP contribution is 2.21. The first-order valence-corrected chi connectivity index (χ1v) is 5.65. The number of ether oxygens (including phenoxy) is 1. The molecule has 0 aromatic carbocycles. The van der Waals surface area contributed by atoms with Crippen LogP contribution in [0.25, 0.3) is 0 Å². The van der Waals surface area contributed by atoms with Crippen molar-refractivity contribution < 1.29 is 19.4 Å². The van der Waals surface area contributed by atoms with E-state index in [9.17, 15) is 9.59 Å². The molecule has 0 aliphatic carbocycles. The Morgan fingerprint density at radius 2 is 2.44 bits per heavy atom. The molecule has 0 bridgehead atoms. The summed E-state index contributed by atoms with van der Waals surface area (Å²) in [4.78, 5) is 24.5. The van der Waals surface area contributed by atoms with Gasteiger partial charge in [-0.25, -0.2) is 4.79 Å².